The van der Waals surface area contributed by atoms with E-state index in [9.17, 15) is 4.79 Å². The minimum Gasteiger partial charge on any atom is -0.494 e. The first-order valence-electron chi connectivity index (χ1n) is 8.28. The van der Waals surface area contributed by atoms with Crippen molar-refractivity contribution in [2.75, 3.05) is 11.9 Å². The molecule has 0 bridgehead atoms. The minimum absolute atomic E-state index is 0.243. The van der Waals surface area contributed by atoms with E-state index in [0.29, 0.717) is 23.4 Å². The molecule has 0 radical (unpaired) electrons. The van der Waals surface area contributed by atoms with E-state index >= 15 is 0 Å². The van der Waals surface area contributed by atoms with Crippen LogP contribution in [0.4, 0.5) is 5.13 Å². The predicted molar refractivity (Wildman–Crippen MR) is 97.2 cm³/mol. The monoisotopic (exact) mass is 354 g/mol. The highest BCUT2D eigenvalue weighted by Crippen LogP contribution is 2.39. The number of aromatic nitrogens is 3. The van der Waals surface area contributed by atoms with Gasteiger partial charge < -0.3 is 4.74 Å². The topological polar surface area (TPSA) is 79.9 Å². The second kappa shape index (κ2) is 6.68. The molecule has 1 aliphatic rings. The third-order valence-electron chi connectivity index (χ3n) is 4.01. The van der Waals surface area contributed by atoms with Crippen molar-refractivity contribution in [2.45, 2.75) is 25.7 Å². The highest BCUT2D eigenvalue weighted by molar-refractivity contribution is 7.14. The summed E-state index contributed by atoms with van der Waals surface area (Å²) >= 11 is 1.39. The number of carbonyl (C=O) groups is 1. The van der Waals surface area contributed by atoms with E-state index in [4.69, 9.17) is 4.74 Å². The molecule has 2 N–H and O–H groups in total. The van der Waals surface area contributed by atoms with Gasteiger partial charge >= 0.3 is 0 Å². The molecule has 1 fully saturated rings. The standard InChI is InChI=1S/C18H18N4O2S/c1-2-24-13-5-3-4-12(8-13)16-10-25-18(19-16)20-17(23)15-9-14(21-22-15)11-6-7-11/h3-5,8-11H,2,6-7H2,1H3,(H,21,22)(H,19,20,23). The van der Waals surface area contributed by atoms with Gasteiger partial charge in [0.15, 0.2) is 10.8 Å². The van der Waals surface area contributed by atoms with Crippen molar-refractivity contribution >= 4 is 22.4 Å². The van der Waals surface area contributed by atoms with E-state index in [0.717, 1.165) is 22.7 Å². The molecule has 0 atom stereocenters. The number of ether oxygens (including phenoxy) is 1. The molecular formula is C18H18N4O2S. The number of thiazole rings is 1. The fourth-order valence-electron chi connectivity index (χ4n) is 2.59. The molecule has 0 aliphatic heterocycles. The van der Waals surface area contributed by atoms with Gasteiger partial charge in [-0.2, -0.15) is 5.10 Å². The van der Waals surface area contributed by atoms with Gasteiger partial charge in [-0.3, -0.25) is 15.2 Å². The van der Waals surface area contributed by atoms with Crippen molar-refractivity contribution in [3.05, 3.63) is 47.1 Å². The summed E-state index contributed by atoms with van der Waals surface area (Å²) in [4.78, 5) is 16.8. The summed E-state index contributed by atoms with van der Waals surface area (Å²) in [5, 5.41) is 12.3. The Morgan fingerprint density at radius 1 is 1.40 bits per heavy atom. The van der Waals surface area contributed by atoms with E-state index in [2.05, 4.69) is 20.5 Å². The van der Waals surface area contributed by atoms with Crippen LogP contribution in [0.3, 0.4) is 0 Å². The molecule has 0 unspecified atom stereocenters. The smallest absolute Gasteiger partial charge is 0.277 e. The lowest BCUT2D eigenvalue weighted by atomic mass is 10.2. The average molecular weight is 354 g/mol. The van der Waals surface area contributed by atoms with Gasteiger partial charge in [0.1, 0.15) is 5.75 Å². The number of rotatable bonds is 6. The zero-order valence-electron chi connectivity index (χ0n) is 13.8. The van der Waals surface area contributed by atoms with Crippen LogP contribution in [0.5, 0.6) is 5.75 Å². The normalized spacial score (nSPS) is 13.6. The molecule has 1 aromatic carbocycles. The summed E-state index contributed by atoms with van der Waals surface area (Å²) in [5.41, 5.74) is 3.20. The SMILES string of the molecule is CCOc1cccc(-c2csc(NC(=O)c3cc(C4CC4)[nH]n3)n2)c1. The summed E-state index contributed by atoms with van der Waals surface area (Å²) in [6.07, 6.45) is 2.33. The summed E-state index contributed by atoms with van der Waals surface area (Å²) in [7, 11) is 0. The number of anilines is 1. The van der Waals surface area contributed by atoms with Gasteiger partial charge in [0.25, 0.3) is 5.91 Å². The summed E-state index contributed by atoms with van der Waals surface area (Å²) < 4.78 is 5.52. The predicted octanol–water partition coefficient (Wildman–Crippen LogP) is 4.06. The van der Waals surface area contributed by atoms with E-state index in [1.54, 1.807) is 0 Å². The van der Waals surface area contributed by atoms with Crippen LogP contribution in [0.2, 0.25) is 0 Å². The maximum Gasteiger partial charge on any atom is 0.277 e. The zero-order chi connectivity index (χ0) is 17.2. The third-order valence-corrected chi connectivity index (χ3v) is 4.77. The Morgan fingerprint density at radius 2 is 2.28 bits per heavy atom. The lowest BCUT2D eigenvalue weighted by Gasteiger charge is -2.04. The number of amides is 1. The van der Waals surface area contributed by atoms with Crippen LogP contribution < -0.4 is 10.1 Å². The number of H-pyrrole nitrogens is 1. The van der Waals surface area contributed by atoms with Crippen LogP contribution >= 0.6 is 11.3 Å². The minimum atomic E-state index is -0.243. The molecular weight excluding hydrogens is 336 g/mol. The summed E-state index contributed by atoms with van der Waals surface area (Å²) in [6.45, 7) is 2.57. The van der Waals surface area contributed by atoms with E-state index < -0.39 is 0 Å². The quantitative estimate of drug-likeness (QED) is 0.699. The molecule has 1 aliphatic carbocycles. The molecule has 0 spiro atoms. The number of hydrogen-bond donors (Lipinski definition) is 2. The number of carbonyl (C=O) groups excluding carboxylic acids is 1. The van der Waals surface area contributed by atoms with E-state index in [-0.39, 0.29) is 5.91 Å². The molecule has 2 aromatic heterocycles. The third kappa shape index (κ3) is 3.56. The molecule has 0 saturated heterocycles. The second-order valence-electron chi connectivity index (χ2n) is 5.94. The van der Waals surface area contributed by atoms with Gasteiger partial charge in [0.05, 0.1) is 12.3 Å². The Labute approximate surface area is 149 Å². The van der Waals surface area contributed by atoms with Crippen LogP contribution in [0.25, 0.3) is 11.3 Å². The number of nitrogens with one attached hydrogen (secondary N) is 2. The van der Waals surface area contributed by atoms with Gasteiger partial charge in [-0.25, -0.2) is 4.98 Å². The highest BCUT2D eigenvalue weighted by atomic mass is 32.1. The summed E-state index contributed by atoms with van der Waals surface area (Å²) in [5.74, 6) is 1.10. The van der Waals surface area contributed by atoms with Crippen molar-refractivity contribution < 1.29 is 9.53 Å². The number of hydrogen-bond acceptors (Lipinski definition) is 5. The molecule has 3 aromatic rings. The van der Waals surface area contributed by atoms with Crippen molar-refractivity contribution in [3.63, 3.8) is 0 Å². The van der Waals surface area contributed by atoms with Gasteiger partial charge in [-0.05, 0) is 38.0 Å². The molecule has 7 heteroatoms. The van der Waals surface area contributed by atoms with Crippen molar-refractivity contribution in [3.8, 4) is 17.0 Å². The van der Waals surface area contributed by atoms with Crippen LogP contribution in [0, 0.1) is 0 Å². The largest absolute Gasteiger partial charge is 0.494 e. The van der Waals surface area contributed by atoms with Crippen molar-refractivity contribution in [1.82, 2.24) is 15.2 Å². The van der Waals surface area contributed by atoms with Crippen LogP contribution in [0.1, 0.15) is 41.9 Å². The first-order chi connectivity index (χ1) is 12.2. The first kappa shape index (κ1) is 15.8. The molecule has 128 valence electrons. The maximum absolute atomic E-state index is 12.3. The molecule has 6 nitrogen and oxygen atoms in total. The van der Waals surface area contributed by atoms with E-state index in [1.807, 2.05) is 42.6 Å². The van der Waals surface area contributed by atoms with E-state index in [1.165, 1.54) is 24.2 Å². The van der Waals surface area contributed by atoms with Crippen LogP contribution in [-0.2, 0) is 0 Å². The van der Waals surface area contributed by atoms with Crippen molar-refractivity contribution in [2.24, 2.45) is 0 Å². The summed E-state index contributed by atoms with van der Waals surface area (Å²) in [6, 6.07) is 9.59. The Balaban J connectivity index is 1.47. The van der Waals surface area contributed by atoms with Gasteiger partial charge in [0, 0.05) is 22.6 Å². The maximum atomic E-state index is 12.3. The van der Waals surface area contributed by atoms with Crippen molar-refractivity contribution in [1.29, 1.82) is 0 Å². The Hall–Kier alpha value is -2.67. The molecule has 1 saturated carbocycles. The first-order valence-corrected chi connectivity index (χ1v) is 9.16. The number of aromatic amines is 1. The lowest BCUT2D eigenvalue weighted by Crippen LogP contribution is -2.12. The number of nitrogens with zero attached hydrogens (tertiary/aromatic N) is 2. The second-order valence-corrected chi connectivity index (χ2v) is 6.79. The Bertz CT molecular complexity index is 898. The molecule has 4 rings (SSSR count). The lowest BCUT2D eigenvalue weighted by molar-refractivity contribution is 0.102. The Morgan fingerprint density at radius 3 is 3.08 bits per heavy atom. The van der Waals surface area contributed by atoms with Crippen LogP contribution in [0.15, 0.2) is 35.7 Å². The van der Waals surface area contributed by atoms with Gasteiger partial charge in [0.2, 0.25) is 0 Å². The fourth-order valence-corrected chi connectivity index (χ4v) is 3.31. The fraction of sp³-hybridized carbons (Fsp3) is 0.278. The average Bonchev–Trinajstić information content (AvgIpc) is 3.16. The number of benzene rings is 1. The highest BCUT2D eigenvalue weighted by Gasteiger charge is 2.26. The molecule has 1 amide bonds. The molecule has 25 heavy (non-hydrogen) atoms. The van der Waals surface area contributed by atoms with Crippen LogP contribution in [-0.4, -0.2) is 27.7 Å². The Kier molecular flexibility index (Phi) is 4.23. The zero-order valence-corrected chi connectivity index (χ0v) is 14.6. The van der Waals surface area contributed by atoms with Gasteiger partial charge in [-0.15, -0.1) is 11.3 Å². The van der Waals surface area contributed by atoms with Gasteiger partial charge in [-0.1, -0.05) is 12.1 Å². The molecule has 2 heterocycles.